The summed E-state index contributed by atoms with van der Waals surface area (Å²) in [5, 5.41) is 11.7. The average molecular weight is 260 g/mol. The number of para-hydroxylation sites is 1. The van der Waals surface area contributed by atoms with Crippen LogP contribution in [0.2, 0.25) is 0 Å². The molecule has 98 valence electrons. The molecule has 3 N–H and O–H groups in total. The molecule has 2 aromatic rings. The van der Waals surface area contributed by atoms with Crippen molar-refractivity contribution in [3.63, 3.8) is 0 Å². The lowest BCUT2D eigenvalue weighted by Crippen LogP contribution is -2.21. The van der Waals surface area contributed by atoms with Crippen molar-refractivity contribution in [1.82, 2.24) is 4.98 Å². The number of rotatable bonds is 3. The Morgan fingerprint density at radius 1 is 1.32 bits per heavy atom. The number of hydrogen-bond donors (Lipinski definition) is 2. The summed E-state index contributed by atoms with van der Waals surface area (Å²) in [7, 11) is 1.66. The fourth-order valence-electron chi connectivity index (χ4n) is 1.76. The van der Waals surface area contributed by atoms with E-state index in [9.17, 15) is 4.39 Å². The summed E-state index contributed by atoms with van der Waals surface area (Å²) in [5.41, 5.74) is 6.37. The summed E-state index contributed by atoms with van der Waals surface area (Å²) in [6.45, 7) is 0. The first-order valence-electron chi connectivity index (χ1n) is 5.56. The van der Waals surface area contributed by atoms with Crippen LogP contribution in [0.3, 0.4) is 0 Å². The van der Waals surface area contributed by atoms with E-state index in [0.717, 1.165) is 0 Å². The summed E-state index contributed by atoms with van der Waals surface area (Å²) in [4.78, 5) is 5.70. The molecule has 0 spiro atoms. The molecule has 0 amide bonds. The van der Waals surface area contributed by atoms with Crippen LogP contribution in [-0.2, 0) is 0 Å². The van der Waals surface area contributed by atoms with E-state index in [0.29, 0.717) is 17.1 Å². The molecule has 1 aromatic heterocycles. The van der Waals surface area contributed by atoms with Gasteiger partial charge in [0.05, 0.1) is 11.3 Å². The van der Waals surface area contributed by atoms with Gasteiger partial charge in [0.15, 0.2) is 5.84 Å². The number of anilines is 2. The van der Waals surface area contributed by atoms with Crippen LogP contribution in [-0.4, -0.2) is 23.1 Å². The first-order chi connectivity index (χ1) is 9.15. The summed E-state index contributed by atoms with van der Waals surface area (Å²) >= 11 is 0. The molecule has 6 heteroatoms. The molecule has 19 heavy (non-hydrogen) atoms. The van der Waals surface area contributed by atoms with Gasteiger partial charge in [0.1, 0.15) is 11.6 Å². The van der Waals surface area contributed by atoms with Crippen molar-refractivity contribution >= 4 is 17.3 Å². The van der Waals surface area contributed by atoms with Gasteiger partial charge >= 0.3 is 0 Å². The highest BCUT2D eigenvalue weighted by molar-refractivity contribution is 6.01. The third-order valence-corrected chi connectivity index (χ3v) is 2.70. The lowest BCUT2D eigenvalue weighted by atomic mass is 10.2. The maximum atomic E-state index is 13.8. The van der Waals surface area contributed by atoms with E-state index in [4.69, 9.17) is 10.9 Å². The maximum Gasteiger partial charge on any atom is 0.173 e. The van der Waals surface area contributed by atoms with Crippen LogP contribution in [0.1, 0.15) is 5.56 Å². The van der Waals surface area contributed by atoms with Crippen molar-refractivity contribution in [1.29, 1.82) is 0 Å². The van der Waals surface area contributed by atoms with Gasteiger partial charge in [-0.1, -0.05) is 17.3 Å². The monoisotopic (exact) mass is 260 g/mol. The Morgan fingerprint density at radius 3 is 2.74 bits per heavy atom. The Balaban J connectivity index is 2.51. The lowest BCUT2D eigenvalue weighted by Gasteiger charge is -2.21. The van der Waals surface area contributed by atoms with Crippen molar-refractivity contribution in [2.75, 3.05) is 11.9 Å². The van der Waals surface area contributed by atoms with Gasteiger partial charge in [0.25, 0.3) is 0 Å². The van der Waals surface area contributed by atoms with Crippen LogP contribution in [0.15, 0.2) is 47.8 Å². The number of aromatic nitrogens is 1. The topological polar surface area (TPSA) is 74.7 Å². The first kappa shape index (κ1) is 12.8. The number of pyridine rings is 1. The second-order valence-electron chi connectivity index (χ2n) is 3.87. The minimum atomic E-state index is -0.374. The minimum absolute atomic E-state index is 0.0775. The molecule has 0 aliphatic rings. The predicted octanol–water partition coefficient (Wildman–Crippen LogP) is 2.08. The zero-order valence-corrected chi connectivity index (χ0v) is 10.3. The van der Waals surface area contributed by atoms with E-state index >= 15 is 0 Å². The van der Waals surface area contributed by atoms with Crippen LogP contribution in [0.25, 0.3) is 0 Å². The Hall–Kier alpha value is -2.63. The van der Waals surface area contributed by atoms with E-state index in [1.165, 1.54) is 6.07 Å². The van der Waals surface area contributed by atoms with Crippen molar-refractivity contribution in [2.24, 2.45) is 10.9 Å². The van der Waals surface area contributed by atoms with Crippen LogP contribution in [0, 0.1) is 5.82 Å². The largest absolute Gasteiger partial charge is 0.409 e. The summed E-state index contributed by atoms with van der Waals surface area (Å²) in [6.07, 6.45) is 1.56. The molecule has 0 saturated carbocycles. The average Bonchev–Trinajstić information content (AvgIpc) is 2.46. The van der Waals surface area contributed by atoms with Crippen molar-refractivity contribution in [2.45, 2.75) is 0 Å². The van der Waals surface area contributed by atoms with Crippen LogP contribution < -0.4 is 10.6 Å². The Labute approximate surface area is 109 Å². The van der Waals surface area contributed by atoms with Gasteiger partial charge in [0.2, 0.25) is 0 Å². The number of nitrogens with zero attached hydrogens (tertiary/aromatic N) is 3. The van der Waals surface area contributed by atoms with Gasteiger partial charge in [-0.2, -0.15) is 0 Å². The van der Waals surface area contributed by atoms with Gasteiger partial charge < -0.3 is 15.8 Å². The fraction of sp³-hybridized carbons (Fsp3) is 0.0769. The molecular formula is C13H13FN4O. The molecule has 2 rings (SSSR count). The van der Waals surface area contributed by atoms with Crippen LogP contribution in [0.4, 0.5) is 15.9 Å². The van der Waals surface area contributed by atoms with Crippen molar-refractivity contribution in [3.8, 4) is 0 Å². The highest BCUT2D eigenvalue weighted by atomic mass is 19.1. The summed E-state index contributed by atoms with van der Waals surface area (Å²) < 4.78 is 13.8. The minimum Gasteiger partial charge on any atom is -0.409 e. The Kier molecular flexibility index (Phi) is 3.61. The van der Waals surface area contributed by atoms with E-state index < -0.39 is 0 Å². The van der Waals surface area contributed by atoms with Gasteiger partial charge in [0, 0.05) is 13.2 Å². The van der Waals surface area contributed by atoms with E-state index in [1.807, 2.05) is 0 Å². The van der Waals surface area contributed by atoms with Crippen LogP contribution >= 0.6 is 0 Å². The lowest BCUT2D eigenvalue weighted by molar-refractivity contribution is 0.318. The molecule has 0 bridgehead atoms. The molecule has 0 aliphatic carbocycles. The molecule has 0 saturated heterocycles. The second-order valence-corrected chi connectivity index (χ2v) is 3.87. The van der Waals surface area contributed by atoms with Gasteiger partial charge in [-0.25, -0.2) is 9.37 Å². The molecule has 1 aromatic carbocycles. The number of oxime groups is 1. The Bertz CT molecular complexity index is 615. The van der Waals surface area contributed by atoms with Gasteiger partial charge in [-0.05, 0) is 24.3 Å². The summed E-state index contributed by atoms with van der Waals surface area (Å²) in [6, 6.07) is 9.62. The van der Waals surface area contributed by atoms with Crippen LogP contribution in [0.5, 0.6) is 0 Å². The third-order valence-electron chi connectivity index (χ3n) is 2.70. The maximum absolute atomic E-state index is 13.8. The summed E-state index contributed by atoms with van der Waals surface area (Å²) in [5.74, 6) is -0.0460. The molecule has 5 nitrogen and oxygen atoms in total. The van der Waals surface area contributed by atoms with E-state index in [-0.39, 0.29) is 11.7 Å². The second kappa shape index (κ2) is 5.34. The molecular weight excluding hydrogens is 247 g/mol. The molecule has 0 atom stereocenters. The molecule has 0 radical (unpaired) electrons. The van der Waals surface area contributed by atoms with Gasteiger partial charge in [-0.15, -0.1) is 0 Å². The third kappa shape index (κ3) is 2.47. The quantitative estimate of drug-likeness (QED) is 0.383. The molecule has 0 unspecified atom stereocenters. The van der Waals surface area contributed by atoms with Crippen molar-refractivity contribution in [3.05, 3.63) is 54.0 Å². The highest BCUT2D eigenvalue weighted by Gasteiger charge is 2.15. The molecule has 0 aliphatic heterocycles. The standard InChI is InChI=1S/C13H13FN4O/c1-18(11-7-3-2-6-10(11)14)13-9(12(15)17-19)5-4-8-16-13/h2-8,19H,1H3,(H2,15,17). The zero-order valence-electron chi connectivity index (χ0n) is 10.3. The SMILES string of the molecule is CN(c1ccccc1F)c1ncccc1C(N)=NO. The van der Waals surface area contributed by atoms with E-state index in [1.54, 1.807) is 48.5 Å². The number of amidine groups is 1. The number of halogens is 1. The van der Waals surface area contributed by atoms with Crippen molar-refractivity contribution < 1.29 is 9.60 Å². The molecule has 0 fully saturated rings. The number of nitrogens with two attached hydrogens (primary N) is 1. The van der Waals surface area contributed by atoms with E-state index in [2.05, 4.69) is 10.1 Å². The molecule has 1 heterocycles. The normalized spacial score (nSPS) is 11.4. The van der Waals surface area contributed by atoms with Gasteiger partial charge in [-0.3, -0.25) is 0 Å². The Morgan fingerprint density at radius 2 is 2.05 bits per heavy atom. The first-order valence-corrected chi connectivity index (χ1v) is 5.56. The number of hydrogen-bond acceptors (Lipinski definition) is 4. The smallest absolute Gasteiger partial charge is 0.173 e. The predicted molar refractivity (Wildman–Crippen MR) is 71.2 cm³/mol. The zero-order chi connectivity index (χ0) is 13.8. The number of benzene rings is 1. The highest BCUT2D eigenvalue weighted by Crippen LogP contribution is 2.26. The fourth-order valence-corrected chi connectivity index (χ4v) is 1.76.